The molecule has 1 aliphatic carbocycles. The van der Waals surface area contributed by atoms with Crippen molar-refractivity contribution in [2.75, 3.05) is 0 Å². The highest BCUT2D eigenvalue weighted by atomic mass is 35.5. The van der Waals surface area contributed by atoms with E-state index < -0.39 is 0 Å². The van der Waals surface area contributed by atoms with E-state index in [0.29, 0.717) is 10.0 Å². The van der Waals surface area contributed by atoms with E-state index in [-0.39, 0.29) is 0 Å². The number of hydrogen-bond donors (Lipinski definition) is 0. The number of allylic oxidation sites excluding steroid dienone is 1. The molecule has 2 rings (SSSR count). The number of halogens is 2. The Balaban J connectivity index is 2.27. The molecule has 74 valence electrons. The summed E-state index contributed by atoms with van der Waals surface area (Å²) >= 11 is 11.8. The topological polar surface area (TPSA) is 0 Å². The van der Waals surface area contributed by atoms with Gasteiger partial charge in [-0.15, -0.1) is 0 Å². The molecule has 0 nitrogen and oxygen atoms in total. The van der Waals surface area contributed by atoms with Crippen LogP contribution in [0.5, 0.6) is 0 Å². The van der Waals surface area contributed by atoms with Gasteiger partial charge in [-0.3, -0.25) is 0 Å². The van der Waals surface area contributed by atoms with Crippen molar-refractivity contribution in [2.24, 2.45) is 0 Å². The number of benzene rings is 1. The first-order valence-electron chi connectivity index (χ1n) is 4.89. The molecule has 1 saturated carbocycles. The fourth-order valence-electron chi connectivity index (χ4n) is 1.87. The van der Waals surface area contributed by atoms with Gasteiger partial charge in [0, 0.05) is 10.0 Å². The standard InChI is InChI=1S/C12H12Cl2/c13-11-6-10(7-12(14)8-11)5-9-3-1-2-4-9/h5-8H,1-4H2. The van der Waals surface area contributed by atoms with E-state index in [9.17, 15) is 0 Å². The van der Waals surface area contributed by atoms with Crippen molar-refractivity contribution in [1.29, 1.82) is 0 Å². The molecule has 1 aromatic rings. The Morgan fingerprint density at radius 1 is 0.929 bits per heavy atom. The zero-order valence-electron chi connectivity index (χ0n) is 7.89. The molecular weight excluding hydrogens is 215 g/mol. The zero-order valence-corrected chi connectivity index (χ0v) is 9.41. The minimum absolute atomic E-state index is 0.711. The van der Waals surface area contributed by atoms with Crippen LogP contribution >= 0.6 is 23.2 Å². The summed E-state index contributed by atoms with van der Waals surface area (Å²) in [6.07, 6.45) is 7.30. The van der Waals surface area contributed by atoms with Crippen LogP contribution < -0.4 is 0 Å². The van der Waals surface area contributed by atoms with Crippen LogP contribution in [0.3, 0.4) is 0 Å². The van der Waals surface area contributed by atoms with Crippen molar-refractivity contribution >= 4 is 29.3 Å². The van der Waals surface area contributed by atoms with Crippen molar-refractivity contribution in [3.8, 4) is 0 Å². The van der Waals surface area contributed by atoms with Gasteiger partial charge in [0.15, 0.2) is 0 Å². The number of rotatable bonds is 1. The summed E-state index contributed by atoms with van der Waals surface area (Å²) in [4.78, 5) is 0. The summed E-state index contributed by atoms with van der Waals surface area (Å²) in [6.45, 7) is 0. The normalized spacial score (nSPS) is 16.0. The van der Waals surface area contributed by atoms with Gasteiger partial charge in [0.05, 0.1) is 0 Å². The molecule has 1 fully saturated rings. The summed E-state index contributed by atoms with van der Waals surface area (Å²) in [7, 11) is 0. The predicted octanol–water partition coefficient (Wildman–Crippen LogP) is 4.95. The minimum Gasteiger partial charge on any atom is -0.0843 e. The van der Waals surface area contributed by atoms with Crippen molar-refractivity contribution < 1.29 is 0 Å². The molecule has 0 bridgehead atoms. The van der Waals surface area contributed by atoms with Gasteiger partial charge in [-0.25, -0.2) is 0 Å². The van der Waals surface area contributed by atoms with Crippen LogP contribution in [0.15, 0.2) is 23.8 Å². The third kappa shape index (κ3) is 2.52. The van der Waals surface area contributed by atoms with Crippen LogP contribution in [0.2, 0.25) is 10.0 Å². The first kappa shape index (κ1) is 10.1. The van der Waals surface area contributed by atoms with Gasteiger partial charge in [-0.2, -0.15) is 0 Å². The third-order valence-electron chi connectivity index (χ3n) is 2.50. The SMILES string of the molecule is Clc1cc(Cl)cc(C=C2CCCC2)c1. The lowest BCUT2D eigenvalue weighted by atomic mass is 10.1. The monoisotopic (exact) mass is 226 g/mol. The zero-order chi connectivity index (χ0) is 9.97. The van der Waals surface area contributed by atoms with Crippen LogP contribution in [0.4, 0.5) is 0 Å². The van der Waals surface area contributed by atoms with E-state index in [1.165, 1.54) is 31.3 Å². The highest BCUT2D eigenvalue weighted by Crippen LogP contribution is 2.27. The van der Waals surface area contributed by atoms with Gasteiger partial charge < -0.3 is 0 Å². The smallest absolute Gasteiger partial charge is 0.0426 e. The second kappa shape index (κ2) is 4.37. The Hall–Kier alpha value is -0.460. The molecule has 1 aromatic carbocycles. The molecule has 14 heavy (non-hydrogen) atoms. The molecule has 0 amide bonds. The van der Waals surface area contributed by atoms with Crippen molar-refractivity contribution in [3.63, 3.8) is 0 Å². The Morgan fingerprint density at radius 2 is 1.50 bits per heavy atom. The highest BCUT2D eigenvalue weighted by Gasteiger charge is 2.06. The quantitative estimate of drug-likeness (QED) is 0.636. The van der Waals surface area contributed by atoms with Crippen molar-refractivity contribution in [2.45, 2.75) is 25.7 Å². The molecule has 0 aliphatic heterocycles. The van der Waals surface area contributed by atoms with Gasteiger partial charge in [0.2, 0.25) is 0 Å². The van der Waals surface area contributed by atoms with Crippen LogP contribution in [-0.2, 0) is 0 Å². The van der Waals surface area contributed by atoms with Crippen molar-refractivity contribution in [3.05, 3.63) is 39.4 Å². The van der Waals surface area contributed by atoms with Crippen molar-refractivity contribution in [1.82, 2.24) is 0 Å². The largest absolute Gasteiger partial charge is 0.0843 e. The predicted molar refractivity (Wildman–Crippen MR) is 62.9 cm³/mol. The van der Waals surface area contributed by atoms with E-state index in [0.717, 1.165) is 5.56 Å². The summed E-state index contributed by atoms with van der Waals surface area (Å²) < 4.78 is 0. The first-order chi connectivity index (χ1) is 6.74. The molecule has 0 aromatic heterocycles. The summed E-state index contributed by atoms with van der Waals surface area (Å²) in [5, 5.41) is 1.42. The van der Waals surface area contributed by atoms with Crippen LogP contribution in [0.1, 0.15) is 31.2 Å². The summed E-state index contributed by atoms with van der Waals surface area (Å²) in [5.74, 6) is 0. The third-order valence-corrected chi connectivity index (χ3v) is 2.94. The Kier molecular flexibility index (Phi) is 3.15. The average molecular weight is 227 g/mol. The van der Waals surface area contributed by atoms with Crippen LogP contribution in [0, 0.1) is 0 Å². The van der Waals surface area contributed by atoms with Gasteiger partial charge in [-0.1, -0.05) is 34.9 Å². The summed E-state index contributed by atoms with van der Waals surface area (Å²) in [6, 6.07) is 5.68. The maximum absolute atomic E-state index is 5.92. The van der Waals surface area contributed by atoms with Gasteiger partial charge in [0.1, 0.15) is 0 Å². The van der Waals surface area contributed by atoms with Gasteiger partial charge in [0.25, 0.3) is 0 Å². The highest BCUT2D eigenvalue weighted by molar-refractivity contribution is 6.34. The van der Waals surface area contributed by atoms with E-state index in [1.54, 1.807) is 6.07 Å². The van der Waals surface area contributed by atoms with Crippen LogP contribution in [0.25, 0.3) is 6.08 Å². The second-order valence-corrected chi connectivity index (χ2v) is 4.59. The number of hydrogen-bond acceptors (Lipinski definition) is 0. The Labute approximate surface area is 94.5 Å². The maximum Gasteiger partial charge on any atom is 0.0426 e. The maximum atomic E-state index is 5.92. The molecule has 2 heteroatoms. The van der Waals surface area contributed by atoms with Gasteiger partial charge >= 0.3 is 0 Å². The molecule has 0 atom stereocenters. The van der Waals surface area contributed by atoms with Crippen LogP contribution in [-0.4, -0.2) is 0 Å². The molecule has 0 saturated heterocycles. The Morgan fingerprint density at radius 3 is 2.07 bits per heavy atom. The fourth-order valence-corrected chi connectivity index (χ4v) is 2.41. The van der Waals surface area contributed by atoms with E-state index in [4.69, 9.17) is 23.2 Å². The molecular formula is C12H12Cl2. The lowest BCUT2D eigenvalue weighted by Gasteiger charge is -1.99. The Bertz CT molecular complexity index is 338. The molecule has 0 radical (unpaired) electrons. The van der Waals surface area contributed by atoms with Gasteiger partial charge in [-0.05, 0) is 49.4 Å². The molecule has 0 spiro atoms. The van der Waals surface area contributed by atoms with E-state index >= 15 is 0 Å². The molecule has 1 aliphatic rings. The fraction of sp³-hybridized carbons (Fsp3) is 0.333. The molecule has 0 N–H and O–H groups in total. The second-order valence-electron chi connectivity index (χ2n) is 3.71. The minimum atomic E-state index is 0.711. The molecule has 0 unspecified atom stereocenters. The molecule has 0 heterocycles. The first-order valence-corrected chi connectivity index (χ1v) is 5.65. The summed E-state index contributed by atoms with van der Waals surface area (Å²) in [5.41, 5.74) is 2.64. The average Bonchev–Trinajstić information content (AvgIpc) is 2.54. The van der Waals surface area contributed by atoms with E-state index in [2.05, 4.69) is 6.08 Å². The lowest BCUT2D eigenvalue weighted by molar-refractivity contribution is 0.886. The lowest BCUT2D eigenvalue weighted by Crippen LogP contribution is -1.77. The van der Waals surface area contributed by atoms with E-state index in [1.807, 2.05) is 12.1 Å².